The molecule has 0 fully saturated rings. The van der Waals surface area contributed by atoms with Crippen molar-refractivity contribution in [1.82, 2.24) is 0 Å². The average Bonchev–Trinajstić information content (AvgIpc) is 2.44. The lowest BCUT2D eigenvalue weighted by Crippen LogP contribution is -2.18. The van der Waals surface area contributed by atoms with Gasteiger partial charge in [-0.1, -0.05) is 41.9 Å². The smallest absolute Gasteiger partial charge is 0.196 e. The summed E-state index contributed by atoms with van der Waals surface area (Å²) in [6, 6.07) is 14.8. The highest BCUT2D eigenvalue weighted by Gasteiger charge is 2.23. The first-order valence-electron chi connectivity index (χ1n) is 5.97. The quantitative estimate of drug-likeness (QED) is 0.732. The fourth-order valence-corrected chi connectivity index (χ4v) is 2.23. The Morgan fingerprint density at radius 2 is 1.89 bits per heavy atom. The lowest BCUT2D eigenvalue weighted by Gasteiger charge is -2.18. The Bertz CT molecular complexity index is 660. The predicted octanol–water partition coefficient (Wildman–Crippen LogP) is 4.00. The molecule has 1 heterocycles. The van der Waals surface area contributed by atoms with E-state index in [2.05, 4.69) is 0 Å². The zero-order valence-electron chi connectivity index (χ0n) is 10.1. The van der Waals surface area contributed by atoms with E-state index in [9.17, 15) is 4.79 Å². The van der Waals surface area contributed by atoms with Crippen LogP contribution in [0.2, 0.25) is 5.02 Å². The average molecular weight is 271 g/mol. The number of benzene rings is 2. The zero-order valence-corrected chi connectivity index (χ0v) is 10.9. The molecule has 0 amide bonds. The number of fused-ring (bicyclic) bond motifs is 1. The number of Topliss-reactive ketones (excluding diaryl/α,β-unsaturated/α-hetero) is 1. The standard InChI is InChI=1S/C16H11ClO2/c17-13-6-7-15-14(9-13)16(18)12(10-19-15)8-11-4-2-1-3-5-11/h1-9H,10H2/b12-8+. The minimum Gasteiger partial charge on any atom is -0.488 e. The summed E-state index contributed by atoms with van der Waals surface area (Å²) < 4.78 is 5.59. The third-order valence-corrected chi connectivity index (χ3v) is 3.24. The van der Waals surface area contributed by atoms with Gasteiger partial charge in [-0.05, 0) is 29.8 Å². The monoisotopic (exact) mass is 270 g/mol. The van der Waals surface area contributed by atoms with Gasteiger partial charge in [-0.3, -0.25) is 4.79 Å². The van der Waals surface area contributed by atoms with E-state index in [0.717, 1.165) is 5.56 Å². The van der Waals surface area contributed by atoms with Crippen LogP contribution in [-0.2, 0) is 0 Å². The first-order valence-corrected chi connectivity index (χ1v) is 6.34. The fourth-order valence-electron chi connectivity index (χ4n) is 2.06. The molecular weight excluding hydrogens is 260 g/mol. The predicted molar refractivity (Wildman–Crippen MR) is 75.7 cm³/mol. The van der Waals surface area contributed by atoms with E-state index in [0.29, 0.717) is 28.5 Å². The summed E-state index contributed by atoms with van der Waals surface area (Å²) in [7, 11) is 0. The highest BCUT2D eigenvalue weighted by Crippen LogP contribution is 2.30. The molecule has 2 aromatic rings. The van der Waals surface area contributed by atoms with Crippen molar-refractivity contribution in [3.05, 3.63) is 70.3 Å². The molecule has 0 spiro atoms. The molecule has 0 N–H and O–H groups in total. The molecule has 3 rings (SSSR count). The molecule has 0 atom stereocenters. The second-order valence-corrected chi connectivity index (χ2v) is 4.77. The topological polar surface area (TPSA) is 26.3 Å². The van der Waals surface area contributed by atoms with Gasteiger partial charge in [0.15, 0.2) is 5.78 Å². The molecule has 0 radical (unpaired) electrons. The van der Waals surface area contributed by atoms with Crippen LogP contribution < -0.4 is 4.74 Å². The normalized spacial score (nSPS) is 16.1. The Hall–Kier alpha value is -2.06. The Labute approximate surface area is 116 Å². The van der Waals surface area contributed by atoms with Crippen LogP contribution in [0.4, 0.5) is 0 Å². The Balaban J connectivity index is 2.00. The number of hydrogen-bond acceptors (Lipinski definition) is 2. The maximum atomic E-state index is 12.4. The minimum atomic E-state index is -0.0207. The van der Waals surface area contributed by atoms with Crippen molar-refractivity contribution in [3.8, 4) is 5.75 Å². The lowest BCUT2D eigenvalue weighted by molar-refractivity contribution is 0.100. The van der Waals surface area contributed by atoms with Crippen molar-refractivity contribution >= 4 is 23.5 Å². The van der Waals surface area contributed by atoms with E-state index in [-0.39, 0.29) is 5.78 Å². The molecule has 0 unspecified atom stereocenters. The second-order valence-electron chi connectivity index (χ2n) is 4.34. The van der Waals surface area contributed by atoms with Crippen molar-refractivity contribution in [2.24, 2.45) is 0 Å². The van der Waals surface area contributed by atoms with Crippen molar-refractivity contribution < 1.29 is 9.53 Å². The van der Waals surface area contributed by atoms with Gasteiger partial charge in [0.2, 0.25) is 0 Å². The second kappa shape index (κ2) is 4.90. The molecule has 1 aliphatic rings. The highest BCUT2D eigenvalue weighted by atomic mass is 35.5. The van der Waals surface area contributed by atoms with Gasteiger partial charge in [0.1, 0.15) is 12.4 Å². The number of ether oxygens (including phenoxy) is 1. The zero-order chi connectivity index (χ0) is 13.2. The van der Waals surface area contributed by atoms with Crippen molar-refractivity contribution in [2.45, 2.75) is 0 Å². The summed E-state index contributed by atoms with van der Waals surface area (Å²) in [5, 5.41) is 0.539. The van der Waals surface area contributed by atoms with Gasteiger partial charge in [-0.15, -0.1) is 0 Å². The van der Waals surface area contributed by atoms with Crippen LogP contribution in [0.15, 0.2) is 54.1 Å². The largest absolute Gasteiger partial charge is 0.488 e. The SMILES string of the molecule is O=C1/C(=C/c2ccccc2)COc2ccc(Cl)cc21. The third-order valence-electron chi connectivity index (χ3n) is 3.00. The number of hydrogen-bond donors (Lipinski definition) is 0. The first-order chi connectivity index (χ1) is 9.24. The van der Waals surface area contributed by atoms with Crippen LogP contribution in [0.5, 0.6) is 5.75 Å². The van der Waals surface area contributed by atoms with E-state index in [4.69, 9.17) is 16.3 Å². The van der Waals surface area contributed by atoms with E-state index < -0.39 is 0 Å². The van der Waals surface area contributed by atoms with E-state index in [1.165, 1.54) is 0 Å². The third kappa shape index (κ3) is 2.40. The molecule has 94 valence electrons. The maximum absolute atomic E-state index is 12.4. The van der Waals surface area contributed by atoms with Crippen molar-refractivity contribution in [2.75, 3.05) is 6.61 Å². The van der Waals surface area contributed by atoms with E-state index in [1.54, 1.807) is 18.2 Å². The van der Waals surface area contributed by atoms with Gasteiger partial charge >= 0.3 is 0 Å². The van der Waals surface area contributed by atoms with E-state index >= 15 is 0 Å². The molecule has 0 saturated heterocycles. The van der Waals surface area contributed by atoms with Crippen LogP contribution >= 0.6 is 11.6 Å². The molecule has 3 heteroatoms. The lowest BCUT2D eigenvalue weighted by atomic mass is 9.98. The van der Waals surface area contributed by atoms with Gasteiger partial charge in [-0.25, -0.2) is 0 Å². The fraction of sp³-hybridized carbons (Fsp3) is 0.0625. The van der Waals surface area contributed by atoms with Gasteiger partial charge in [0.05, 0.1) is 5.56 Å². The molecule has 2 aromatic carbocycles. The number of halogens is 1. The minimum absolute atomic E-state index is 0.0207. The molecule has 2 nitrogen and oxygen atoms in total. The van der Waals surface area contributed by atoms with Gasteiger partial charge in [0.25, 0.3) is 0 Å². The van der Waals surface area contributed by atoms with E-state index in [1.807, 2.05) is 36.4 Å². The summed E-state index contributed by atoms with van der Waals surface area (Å²) in [6.07, 6.45) is 1.85. The maximum Gasteiger partial charge on any atom is 0.196 e. The van der Waals surface area contributed by atoms with Crippen molar-refractivity contribution in [3.63, 3.8) is 0 Å². The molecular formula is C16H11ClO2. The van der Waals surface area contributed by atoms with Crippen LogP contribution in [-0.4, -0.2) is 12.4 Å². The summed E-state index contributed by atoms with van der Waals surface area (Å²) in [4.78, 5) is 12.4. The van der Waals surface area contributed by atoms with Crippen molar-refractivity contribution in [1.29, 1.82) is 0 Å². The molecule has 0 bridgehead atoms. The van der Waals surface area contributed by atoms with Gasteiger partial charge < -0.3 is 4.74 Å². The summed E-state index contributed by atoms with van der Waals surface area (Å²) in [6.45, 7) is 0.294. The van der Waals surface area contributed by atoms with Gasteiger partial charge in [-0.2, -0.15) is 0 Å². The van der Waals surface area contributed by atoms with Gasteiger partial charge in [0, 0.05) is 10.6 Å². The number of carbonyl (C=O) groups is 1. The number of ketones is 1. The van der Waals surface area contributed by atoms with Crippen LogP contribution in [0.3, 0.4) is 0 Å². The Morgan fingerprint density at radius 1 is 1.11 bits per heavy atom. The van der Waals surface area contributed by atoms with Crippen LogP contribution in [0, 0.1) is 0 Å². The first kappa shape index (κ1) is 12.0. The Kier molecular flexibility index (Phi) is 3.10. The van der Waals surface area contributed by atoms with Crippen LogP contribution in [0.25, 0.3) is 6.08 Å². The summed E-state index contributed by atoms with van der Waals surface area (Å²) in [5.41, 5.74) is 2.15. The highest BCUT2D eigenvalue weighted by molar-refractivity contribution is 6.31. The molecule has 0 aromatic heterocycles. The summed E-state index contributed by atoms with van der Waals surface area (Å²) >= 11 is 5.92. The molecule has 0 saturated carbocycles. The number of rotatable bonds is 1. The molecule has 19 heavy (non-hydrogen) atoms. The molecule has 0 aliphatic carbocycles. The Morgan fingerprint density at radius 3 is 2.68 bits per heavy atom. The van der Waals surface area contributed by atoms with Crippen LogP contribution in [0.1, 0.15) is 15.9 Å². The number of carbonyl (C=O) groups excluding carboxylic acids is 1. The summed E-state index contributed by atoms with van der Waals surface area (Å²) in [5.74, 6) is 0.576. The molecule has 1 aliphatic heterocycles.